The van der Waals surface area contributed by atoms with Gasteiger partial charge in [-0.3, -0.25) is 4.79 Å². The highest BCUT2D eigenvalue weighted by molar-refractivity contribution is 7.88. The second-order valence-corrected chi connectivity index (χ2v) is 8.30. The molecule has 2 rings (SSSR count). The highest BCUT2D eigenvalue weighted by Crippen LogP contribution is 2.12. The number of sulfonamides is 1. The Labute approximate surface area is 170 Å². The van der Waals surface area contributed by atoms with Gasteiger partial charge >= 0.3 is 6.09 Å². The Morgan fingerprint density at radius 3 is 2.28 bits per heavy atom. The van der Waals surface area contributed by atoms with Gasteiger partial charge in [0.15, 0.2) is 0 Å². The van der Waals surface area contributed by atoms with Crippen LogP contribution in [0, 0.1) is 0 Å². The zero-order chi connectivity index (χ0) is 21.3. The van der Waals surface area contributed by atoms with Crippen molar-refractivity contribution < 1.29 is 22.7 Å². The quantitative estimate of drug-likeness (QED) is 0.572. The van der Waals surface area contributed by atoms with Crippen LogP contribution in [0.3, 0.4) is 0 Å². The van der Waals surface area contributed by atoms with E-state index in [1.807, 2.05) is 30.3 Å². The van der Waals surface area contributed by atoms with Crippen molar-refractivity contribution in [1.29, 1.82) is 0 Å². The minimum Gasteiger partial charge on any atom is -0.445 e. The smallest absolute Gasteiger partial charge is 0.408 e. The van der Waals surface area contributed by atoms with E-state index >= 15 is 0 Å². The lowest BCUT2D eigenvalue weighted by atomic mass is 10.1. The second-order valence-electron chi connectivity index (χ2n) is 6.38. The van der Waals surface area contributed by atoms with Crippen LogP contribution in [0.4, 0.5) is 4.79 Å². The number of hydrogen-bond donors (Lipinski definition) is 3. The average Bonchev–Trinajstić information content (AvgIpc) is 2.72. The van der Waals surface area contributed by atoms with Gasteiger partial charge in [0, 0.05) is 6.54 Å². The number of nitrogens with one attached hydrogen (secondary N) is 3. The SMILES string of the molecule is CNS(=O)(=O)Cc1ccccc1CNC(=O)[C@H](C)NC(=O)OCc1ccccc1. The van der Waals surface area contributed by atoms with Crippen LogP contribution in [0.2, 0.25) is 0 Å². The molecule has 0 unspecified atom stereocenters. The van der Waals surface area contributed by atoms with E-state index in [2.05, 4.69) is 15.4 Å². The van der Waals surface area contributed by atoms with Crippen LogP contribution in [0.5, 0.6) is 0 Å². The van der Waals surface area contributed by atoms with Gasteiger partial charge < -0.3 is 15.4 Å². The van der Waals surface area contributed by atoms with Crippen LogP contribution in [0.15, 0.2) is 54.6 Å². The summed E-state index contributed by atoms with van der Waals surface area (Å²) >= 11 is 0. The van der Waals surface area contributed by atoms with E-state index in [4.69, 9.17) is 4.74 Å². The molecule has 29 heavy (non-hydrogen) atoms. The third-order valence-corrected chi connectivity index (χ3v) is 5.48. The van der Waals surface area contributed by atoms with Crippen LogP contribution >= 0.6 is 0 Å². The molecule has 3 N–H and O–H groups in total. The van der Waals surface area contributed by atoms with Gasteiger partial charge in [-0.05, 0) is 30.7 Å². The largest absolute Gasteiger partial charge is 0.445 e. The topological polar surface area (TPSA) is 114 Å². The summed E-state index contributed by atoms with van der Waals surface area (Å²) in [5, 5.41) is 5.17. The molecule has 156 valence electrons. The predicted octanol–water partition coefficient (Wildman–Crippen LogP) is 1.67. The summed E-state index contributed by atoms with van der Waals surface area (Å²) in [6.07, 6.45) is -0.697. The lowest BCUT2D eigenvalue weighted by molar-refractivity contribution is -0.122. The molecule has 8 nitrogen and oxygen atoms in total. The van der Waals surface area contributed by atoms with Gasteiger partial charge in [0.25, 0.3) is 0 Å². The van der Waals surface area contributed by atoms with Crippen molar-refractivity contribution in [3.05, 3.63) is 71.3 Å². The number of hydrogen-bond acceptors (Lipinski definition) is 5. The van der Waals surface area contributed by atoms with Gasteiger partial charge in [0.1, 0.15) is 12.6 Å². The minimum atomic E-state index is -3.43. The van der Waals surface area contributed by atoms with Crippen molar-refractivity contribution in [2.75, 3.05) is 7.05 Å². The Morgan fingerprint density at radius 2 is 1.62 bits per heavy atom. The maximum Gasteiger partial charge on any atom is 0.408 e. The van der Waals surface area contributed by atoms with Crippen molar-refractivity contribution in [2.45, 2.75) is 31.9 Å². The number of carbonyl (C=O) groups excluding carboxylic acids is 2. The molecule has 0 heterocycles. The molecule has 9 heteroatoms. The second kappa shape index (κ2) is 10.6. The zero-order valence-electron chi connectivity index (χ0n) is 16.3. The Balaban J connectivity index is 1.85. The van der Waals surface area contributed by atoms with Gasteiger partial charge in [0.2, 0.25) is 15.9 Å². The third kappa shape index (κ3) is 7.55. The van der Waals surface area contributed by atoms with Crippen molar-refractivity contribution in [3.63, 3.8) is 0 Å². The first-order chi connectivity index (χ1) is 13.8. The molecule has 2 aromatic carbocycles. The van der Waals surface area contributed by atoms with Crippen LogP contribution in [-0.4, -0.2) is 33.5 Å². The fourth-order valence-electron chi connectivity index (χ4n) is 2.49. The van der Waals surface area contributed by atoms with E-state index in [1.54, 1.807) is 24.3 Å². The minimum absolute atomic E-state index is 0.105. The van der Waals surface area contributed by atoms with Crippen LogP contribution in [-0.2, 0) is 38.5 Å². The zero-order valence-corrected chi connectivity index (χ0v) is 17.2. The molecule has 0 saturated heterocycles. The molecule has 0 spiro atoms. The summed E-state index contributed by atoms with van der Waals surface area (Å²) in [6.45, 7) is 1.78. The first-order valence-corrected chi connectivity index (χ1v) is 10.7. The Bertz CT molecular complexity index is 932. The van der Waals surface area contributed by atoms with Gasteiger partial charge in [-0.2, -0.15) is 0 Å². The van der Waals surface area contributed by atoms with Crippen LogP contribution in [0.1, 0.15) is 23.6 Å². The van der Waals surface area contributed by atoms with E-state index in [-0.39, 0.29) is 18.9 Å². The lowest BCUT2D eigenvalue weighted by Crippen LogP contribution is -2.44. The van der Waals surface area contributed by atoms with Crippen molar-refractivity contribution in [2.24, 2.45) is 0 Å². The Kier molecular flexibility index (Phi) is 8.17. The highest BCUT2D eigenvalue weighted by Gasteiger charge is 2.17. The molecule has 2 aromatic rings. The summed E-state index contributed by atoms with van der Waals surface area (Å²) < 4.78 is 30.9. The summed E-state index contributed by atoms with van der Waals surface area (Å²) in [4.78, 5) is 24.1. The van der Waals surface area contributed by atoms with Crippen molar-refractivity contribution >= 4 is 22.0 Å². The fourth-order valence-corrected chi connectivity index (χ4v) is 3.33. The molecule has 0 bridgehead atoms. The first kappa shape index (κ1) is 22.4. The molecule has 0 fully saturated rings. The maximum absolute atomic E-state index is 12.3. The van der Waals surface area contributed by atoms with Crippen molar-refractivity contribution in [1.82, 2.24) is 15.4 Å². The summed E-state index contributed by atoms with van der Waals surface area (Å²) in [5.74, 6) is -0.595. The summed E-state index contributed by atoms with van der Waals surface area (Å²) in [6, 6.07) is 15.3. The first-order valence-electron chi connectivity index (χ1n) is 9.03. The summed E-state index contributed by atoms with van der Waals surface area (Å²) in [5.41, 5.74) is 2.11. The molecule has 0 radical (unpaired) electrons. The van der Waals surface area contributed by atoms with E-state index in [0.29, 0.717) is 11.1 Å². The number of ether oxygens (including phenoxy) is 1. The standard InChI is InChI=1S/C20H25N3O5S/c1-15(23-20(25)28-13-16-8-4-3-5-9-16)19(24)22-12-17-10-6-7-11-18(17)14-29(26,27)21-2/h3-11,15,21H,12-14H2,1-2H3,(H,22,24)(H,23,25)/t15-/m0/s1. The van der Waals surface area contributed by atoms with Crippen LogP contribution in [0.25, 0.3) is 0 Å². The molecule has 0 saturated carbocycles. The monoisotopic (exact) mass is 419 g/mol. The number of rotatable bonds is 9. The molecule has 2 amide bonds. The number of benzene rings is 2. The predicted molar refractivity (Wildman–Crippen MR) is 109 cm³/mol. The molecular formula is C20H25N3O5S. The number of alkyl carbamates (subject to hydrolysis) is 1. The van der Waals surface area contributed by atoms with E-state index in [9.17, 15) is 18.0 Å². The Hall–Kier alpha value is -2.91. The van der Waals surface area contributed by atoms with Gasteiger partial charge in [-0.1, -0.05) is 54.6 Å². The third-order valence-electron chi connectivity index (χ3n) is 4.17. The maximum atomic E-state index is 12.3. The highest BCUT2D eigenvalue weighted by atomic mass is 32.2. The fraction of sp³-hybridized carbons (Fsp3) is 0.300. The molecule has 0 aliphatic heterocycles. The normalized spacial score (nSPS) is 12.1. The molecule has 0 aromatic heterocycles. The molecule has 1 atom stereocenters. The molecular weight excluding hydrogens is 394 g/mol. The average molecular weight is 420 g/mol. The van der Waals surface area contributed by atoms with Crippen molar-refractivity contribution in [3.8, 4) is 0 Å². The summed E-state index contributed by atoms with van der Waals surface area (Å²) in [7, 11) is -2.08. The lowest BCUT2D eigenvalue weighted by Gasteiger charge is -2.15. The molecule has 0 aliphatic rings. The van der Waals surface area contributed by atoms with Gasteiger partial charge in [-0.15, -0.1) is 0 Å². The molecule has 0 aliphatic carbocycles. The van der Waals surface area contributed by atoms with Gasteiger partial charge in [0.05, 0.1) is 5.75 Å². The van der Waals surface area contributed by atoms with Gasteiger partial charge in [-0.25, -0.2) is 17.9 Å². The number of amides is 2. The Morgan fingerprint density at radius 1 is 1.00 bits per heavy atom. The van der Waals surface area contributed by atoms with E-state index < -0.39 is 28.1 Å². The van der Waals surface area contributed by atoms with E-state index in [0.717, 1.165) is 5.56 Å². The number of carbonyl (C=O) groups is 2. The van der Waals surface area contributed by atoms with Crippen LogP contribution < -0.4 is 15.4 Å². The van der Waals surface area contributed by atoms with E-state index in [1.165, 1.54) is 14.0 Å².